The second kappa shape index (κ2) is 7.87. The highest BCUT2D eigenvalue weighted by molar-refractivity contribution is 5.50. The van der Waals surface area contributed by atoms with E-state index in [2.05, 4.69) is 51.1 Å². The van der Waals surface area contributed by atoms with E-state index in [-0.39, 0.29) is 11.3 Å². The van der Waals surface area contributed by atoms with Gasteiger partial charge in [-0.05, 0) is 34.6 Å². The van der Waals surface area contributed by atoms with Crippen molar-refractivity contribution >= 4 is 0 Å². The lowest BCUT2D eigenvalue weighted by atomic mass is 9.80. The molecule has 0 spiro atoms. The summed E-state index contributed by atoms with van der Waals surface area (Å²) in [6.07, 6.45) is 0.759. The van der Waals surface area contributed by atoms with E-state index < -0.39 is 0 Å². The lowest BCUT2D eigenvalue weighted by molar-refractivity contribution is 0.408. The van der Waals surface area contributed by atoms with Gasteiger partial charge in [-0.1, -0.05) is 87.5 Å². The monoisotopic (exact) mass is 368 g/mol. The number of para-hydroxylation sites is 2. The highest BCUT2D eigenvalue weighted by Crippen LogP contribution is 2.40. The molecule has 0 aromatic heterocycles. The van der Waals surface area contributed by atoms with Gasteiger partial charge in [-0.3, -0.25) is 0 Å². The Balaban J connectivity index is 0.00000113. The van der Waals surface area contributed by atoms with Gasteiger partial charge in [0.15, 0.2) is 0 Å². The van der Waals surface area contributed by atoms with Crippen LogP contribution < -0.4 is 4.74 Å². The summed E-state index contributed by atoms with van der Waals surface area (Å²) in [7, 11) is 1.70. The van der Waals surface area contributed by atoms with Crippen LogP contribution in [0.15, 0.2) is 72.8 Å². The summed E-state index contributed by atoms with van der Waals surface area (Å²) in [6.45, 7) is 6.39. The third-order valence-electron chi connectivity index (χ3n) is 5.07. The average Bonchev–Trinajstić information content (AvgIpc) is 2.80. The molecule has 1 N–H and O–H groups in total. The van der Waals surface area contributed by atoms with Gasteiger partial charge in [0, 0.05) is 17.4 Å². The average molecular weight is 369 g/mol. The lowest BCUT2D eigenvalue weighted by Gasteiger charge is -2.26. The van der Waals surface area contributed by atoms with E-state index in [9.17, 15) is 5.11 Å². The second-order valence-electron chi connectivity index (χ2n) is 7.97. The van der Waals surface area contributed by atoms with E-state index >= 15 is 0 Å². The zero-order valence-electron chi connectivity index (χ0n) is 20.6. The van der Waals surface area contributed by atoms with Gasteiger partial charge in [-0.2, -0.15) is 0 Å². The smallest absolute Gasteiger partial charge is 0.123 e. The summed E-state index contributed by atoms with van der Waals surface area (Å²) in [5.74, 6) is 1.32. The molecule has 0 saturated carbocycles. The number of rotatable bonds is 5. The maximum atomic E-state index is 11.1. The summed E-state index contributed by atoms with van der Waals surface area (Å²) in [4.78, 5) is 0. The third kappa shape index (κ3) is 4.16. The first kappa shape index (κ1) is 16.4. The van der Waals surface area contributed by atoms with Crippen LogP contribution in [0.5, 0.6) is 11.5 Å². The number of methoxy groups -OCH3 is 1. The molecule has 0 radical (unpaired) electrons. The Bertz CT molecular complexity index is 909. The van der Waals surface area contributed by atoms with Gasteiger partial charge in [-0.15, -0.1) is 0 Å². The molecule has 0 bridgehead atoms. The lowest BCUT2D eigenvalue weighted by Crippen LogP contribution is -2.14. The van der Waals surface area contributed by atoms with Crippen LogP contribution in [0, 0.1) is 0 Å². The third-order valence-corrected chi connectivity index (χ3v) is 5.07. The first-order valence-electron chi connectivity index (χ1n) is 11.4. The number of ether oxygens (including phenoxy) is 1. The molecule has 0 fully saturated rings. The quantitative estimate of drug-likeness (QED) is 0.552. The molecule has 1 atom stereocenters. The largest absolute Gasteiger partial charge is 0.507 e. The molecule has 2 nitrogen and oxygen atoms in total. The summed E-state index contributed by atoms with van der Waals surface area (Å²) in [5, 5.41) is 11.1. The first-order valence-corrected chi connectivity index (χ1v) is 9.41. The molecular formula is C25H32O2. The number of hydrogen-bond acceptors (Lipinski definition) is 2. The number of phenols is 1. The molecule has 3 rings (SSSR count). The van der Waals surface area contributed by atoms with Crippen LogP contribution >= 0.6 is 0 Å². The molecule has 0 heterocycles. The van der Waals surface area contributed by atoms with Crippen molar-refractivity contribution in [2.45, 2.75) is 38.5 Å². The SMILES string of the molecule is COc1ccccc1CC(c1ccccc1)c1cccc(C(C)(C)C)c1O.[2H][2H].[2H][2H]. The van der Waals surface area contributed by atoms with Crippen molar-refractivity contribution in [2.75, 3.05) is 7.11 Å². The van der Waals surface area contributed by atoms with Gasteiger partial charge in [0.2, 0.25) is 0 Å². The molecule has 0 aliphatic carbocycles. The Morgan fingerprint density at radius 1 is 0.926 bits per heavy atom. The molecular weight excluding hydrogens is 332 g/mol. The van der Waals surface area contributed by atoms with Gasteiger partial charge in [0.05, 0.1) is 7.11 Å². The number of aromatic hydroxyl groups is 1. The molecule has 0 aliphatic heterocycles. The molecule has 27 heavy (non-hydrogen) atoms. The Hall–Kier alpha value is -2.74. The Labute approximate surface area is 168 Å². The van der Waals surface area contributed by atoms with Crippen LogP contribution in [0.4, 0.5) is 0 Å². The highest BCUT2D eigenvalue weighted by Gasteiger charge is 2.25. The maximum absolute atomic E-state index is 11.1. The van der Waals surface area contributed by atoms with E-state index in [1.165, 1.54) is 5.56 Å². The minimum Gasteiger partial charge on any atom is -0.507 e. The second-order valence-corrected chi connectivity index (χ2v) is 7.97. The van der Waals surface area contributed by atoms with E-state index in [1.54, 1.807) is 7.11 Å². The standard InChI is InChI=1S/C25H28O2.2H2/c1-25(2,3)22-15-10-14-20(24(22)26)21(18-11-6-5-7-12-18)17-19-13-8-9-16-23(19)27-4;;/h5-16,21,26H,17H2,1-4H3;2*1H/i;2*1+1D. The number of hydrogen-bond donors (Lipinski definition) is 1. The predicted molar refractivity (Wildman–Crippen MR) is 116 cm³/mol. The van der Waals surface area contributed by atoms with Gasteiger partial charge in [0.25, 0.3) is 0 Å². The van der Waals surface area contributed by atoms with Crippen molar-refractivity contribution < 1.29 is 15.8 Å². The van der Waals surface area contributed by atoms with Crippen LogP contribution in [0.2, 0.25) is 0 Å². The molecule has 144 valence electrons. The normalized spacial score (nSPS) is 13.2. The maximum Gasteiger partial charge on any atom is 0.123 e. The zero-order valence-corrected chi connectivity index (χ0v) is 16.6. The fraction of sp³-hybridized carbons (Fsp3) is 0.280. The van der Waals surface area contributed by atoms with Crippen LogP contribution in [0.3, 0.4) is 0 Å². The van der Waals surface area contributed by atoms with Crippen molar-refractivity contribution in [3.8, 4) is 11.5 Å². The summed E-state index contributed by atoms with van der Waals surface area (Å²) < 4.78 is 25.6. The highest BCUT2D eigenvalue weighted by atomic mass is 16.5. The van der Waals surface area contributed by atoms with Gasteiger partial charge < -0.3 is 9.84 Å². The van der Waals surface area contributed by atoms with Crippen molar-refractivity contribution in [1.29, 1.82) is 0 Å². The van der Waals surface area contributed by atoms with Crippen molar-refractivity contribution in [1.82, 2.24) is 0 Å². The molecule has 1 unspecified atom stereocenters. The van der Waals surface area contributed by atoms with Crippen LogP contribution in [-0.4, -0.2) is 12.2 Å². The molecule has 3 aromatic carbocycles. The van der Waals surface area contributed by atoms with E-state index in [0.29, 0.717) is 5.75 Å². The molecule has 0 saturated heterocycles. The zero-order chi connectivity index (χ0) is 23.4. The minimum atomic E-state index is -0.119. The Morgan fingerprint density at radius 3 is 2.26 bits per heavy atom. The summed E-state index contributed by atoms with van der Waals surface area (Å²) in [6, 6.07) is 24.6. The molecule has 2 heteroatoms. The fourth-order valence-electron chi connectivity index (χ4n) is 3.63. The fourth-order valence-corrected chi connectivity index (χ4v) is 3.63. The summed E-state index contributed by atoms with van der Waals surface area (Å²) >= 11 is 0. The van der Waals surface area contributed by atoms with Crippen molar-refractivity contribution in [2.24, 2.45) is 0 Å². The van der Waals surface area contributed by atoms with Gasteiger partial charge >= 0.3 is 0 Å². The van der Waals surface area contributed by atoms with Gasteiger partial charge in [0.1, 0.15) is 11.5 Å². The Kier molecular flexibility index (Phi) is 4.79. The van der Waals surface area contributed by atoms with E-state index in [1.807, 2.05) is 42.5 Å². The molecule has 0 aliphatic rings. The van der Waals surface area contributed by atoms with Gasteiger partial charge in [-0.25, -0.2) is 0 Å². The van der Waals surface area contributed by atoms with E-state index in [0.717, 1.165) is 28.9 Å². The molecule has 3 aromatic rings. The number of phenolic OH excluding ortho intramolecular Hbond substituents is 1. The molecule has 0 amide bonds. The van der Waals surface area contributed by atoms with Crippen LogP contribution in [0.1, 0.15) is 54.9 Å². The Morgan fingerprint density at radius 2 is 1.59 bits per heavy atom. The minimum absolute atomic E-state index is 0.0461. The van der Waals surface area contributed by atoms with Crippen LogP contribution in [-0.2, 0) is 11.8 Å². The van der Waals surface area contributed by atoms with Crippen LogP contribution in [0.25, 0.3) is 0 Å². The van der Waals surface area contributed by atoms with Crippen molar-refractivity contribution in [3.05, 3.63) is 95.1 Å². The van der Waals surface area contributed by atoms with Crippen molar-refractivity contribution in [3.63, 3.8) is 0 Å². The number of benzene rings is 3. The summed E-state index contributed by atoms with van der Waals surface area (Å²) in [5.41, 5.74) is 4.13. The first-order chi connectivity index (χ1) is 14.9. The predicted octanol–water partition coefficient (Wildman–Crippen LogP) is 6.56. The van der Waals surface area contributed by atoms with E-state index in [4.69, 9.17) is 10.7 Å². The topological polar surface area (TPSA) is 29.5 Å².